The van der Waals surface area contributed by atoms with Crippen LogP contribution in [0.25, 0.3) is 21.7 Å². The molecule has 2 aliphatic heterocycles. The molecular formula is C61H83N9O7. The number of rotatable bonds is 12. The van der Waals surface area contributed by atoms with Gasteiger partial charge < -0.3 is 40.5 Å². The monoisotopic (exact) mass is 1050 g/mol. The van der Waals surface area contributed by atoms with Gasteiger partial charge in [-0.3, -0.25) is 38.5 Å². The zero-order valence-electron chi connectivity index (χ0n) is 46.8. The van der Waals surface area contributed by atoms with Crippen molar-refractivity contribution in [2.45, 2.75) is 173 Å². The Morgan fingerprint density at radius 1 is 0.714 bits per heavy atom. The number of fused-ring (bicyclic) bond motifs is 4. The molecule has 7 amide bonds. The van der Waals surface area contributed by atoms with E-state index in [1.54, 1.807) is 31.3 Å². The molecule has 0 spiro atoms. The fraction of sp³-hybridized carbons (Fsp3) is 0.541. The molecule has 2 fully saturated rings. The van der Waals surface area contributed by atoms with Gasteiger partial charge in [0.05, 0.1) is 5.54 Å². The number of hydrogen-bond donors (Lipinski definition) is 4. The smallest absolute Gasteiger partial charge is 0.246 e. The first-order valence-electron chi connectivity index (χ1n) is 27.9. The minimum absolute atomic E-state index is 0.0317. The molecule has 1 saturated heterocycles. The topological polar surface area (TPSA) is 195 Å². The third kappa shape index (κ3) is 14.0. The van der Waals surface area contributed by atoms with Gasteiger partial charge in [0.25, 0.3) is 0 Å². The van der Waals surface area contributed by atoms with Crippen LogP contribution in [0.1, 0.15) is 124 Å². The van der Waals surface area contributed by atoms with Crippen LogP contribution in [0.3, 0.4) is 0 Å². The van der Waals surface area contributed by atoms with Crippen LogP contribution in [0.2, 0.25) is 0 Å². The van der Waals surface area contributed by atoms with Crippen molar-refractivity contribution in [3.63, 3.8) is 0 Å². The van der Waals surface area contributed by atoms with Gasteiger partial charge in [0.15, 0.2) is 0 Å². The first kappa shape index (κ1) is 57.9. The van der Waals surface area contributed by atoms with Crippen LogP contribution in [0, 0.1) is 17.8 Å². The largest absolute Gasteiger partial charge is 0.343 e. The zero-order valence-corrected chi connectivity index (χ0v) is 46.8. The van der Waals surface area contributed by atoms with E-state index in [1.165, 1.54) is 16.8 Å². The van der Waals surface area contributed by atoms with Crippen LogP contribution in [-0.2, 0) is 51.9 Å². The van der Waals surface area contributed by atoms with Crippen molar-refractivity contribution >= 4 is 63.0 Å². The SMILES string of the molecule is C=CC(C)(C)n1cc(C[C@@H]2NC(=O)[C@H](CC3CCCCC3)NC(=O)[C@H](CC(C)C)N3CC/C=C\C[C@@H](C3=O)N(C)C(=O)[C@H](C)NC(=O)[C@H](Cc3ccc4cnccc4c3)NC(=O)[C@H](CC(C)C)N(C)C2=O)c2ccccc21. The van der Waals surface area contributed by atoms with Crippen molar-refractivity contribution in [2.24, 2.45) is 17.8 Å². The second-order valence-corrected chi connectivity index (χ2v) is 23.3. The number of amides is 7. The molecule has 4 N–H and O–H groups in total. The van der Waals surface area contributed by atoms with E-state index >= 15 is 24.0 Å². The van der Waals surface area contributed by atoms with Crippen molar-refractivity contribution in [1.82, 2.24) is 45.5 Å². The average molecular weight is 1050 g/mol. The van der Waals surface area contributed by atoms with Gasteiger partial charge in [-0.05, 0) is 99.3 Å². The van der Waals surface area contributed by atoms with Crippen molar-refractivity contribution in [2.75, 3.05) is 20.6 Å². The molecule has 1 aliphatic carbocycles. The maximum atomic E-state index is 15.6. The normalized spacial score (nSPS) is 25.0. The molecule has 2 aromatic carbocycles. The summed E-state index contributed by atoms with van der Waals surface area (Å²) in [4.78, 5) is 114. The molecule has 2 aromatic heterocycles. The fourth-order valence-corrected chi connectivity index (χ4v) is 11.4. The molecule has 4 heterocycles. The highest BCUT2D eigenvalue weighted by Gasteiger charge is 2.42. The summed E-state index contributed by atoms with van der Waals surface area (Å²) in [6.45, 7) is 17.8. The first-order chi connectivity index (χ1) is 36.7. The number of carbonyl (C=O) groups excluding carboxylic acids is 7. The predicted octanol–water partition coefficient (Wildman–Crippen LogP) is 7.13. The van der Waals surface area contributed by atoms with E-state index in [2.05, 4.69) is 37.4 Å². The van der Waals surface area contributed by atoms with Crippen LogP contribution >= 0.6 is 0 Å². The highest BCUT2D eigenvalue weighted by Crippen LogP contribution is 2.31. The van der Waals surface area contributed by atoms with E-state index in [4.69, 9.17) is 0 Å². The molecule has 414 valence electrons. The van der Waals surface area contributed by atoms with E-state index < -0.39 is 89.2 Å². The van der Waals surface area contributed by atoms with Crippen LogP contribution in [0.4, 0.5) is 0 Å². The van der Waals surface area contributed by atoms with Gasteiger partial charge in [-0.25, -0.2) is 0 Å². The highest BCUT2D eigenvalue weighted by molar-refractivity contribution is 5.99. The summed E-state index contributed by atoms with van der Waals surface area (Å²) in [6.07, 6.45) is 17.4. The molecule has 16 heteroatoms. The number of allylic oxidation sites excluding steroid dienone is 1. The summed E-state index contributed by atoms with van der Waals surface area (Å²) in [5.74, 6) is -3.83. The number of nitrogens with one attached hydrogen (secondary N) is 4. The summed E-state index contributed by atoms with van der Waals surface area (Å²) >= 11 is 0. The Morgan fingerprint density at radius 3 is 2.09 bits per heavy atom. The predicted molar refractivity (Wildman–Crippen MR) is 301 cm³/mol. The standard InChI is InChI=1S/C61H83N9O7/c1-11-61(7,8)70-37-45(46-22-17-18-23-50(46)70)35-49-59(76)68(10)52(30-38(2)3)56(73)64-48(34-42-25-26-44-36-62-28-27-43(44)32-42)54(71)63-40(6)58(75)67(9)51-24-16-13-19-29-69(60(51)77)53(31-39(4)5)57(74)65-47(55(72)66-49)33-41-20-14-12-15-21-41/h11,13,16-18,22-23,25-28,32,36-41,47-49,51-53H,1,12,14-15,19-21,24,29-31,33-35H2,2-10H3,(H,63,71)(H,64,73)(H,65,74)(H,66,72)/b16-13-/t40-,47-,48-,49-,51-,52-,53-/m0/s1. The Morgan fingerprint density at radius 2 is 1.38 bits per heavy atom. The summed E-state index contributed by atoms with van der Waals surface area (Å²) in [6, 6.07) is 7.57. The third-order valence-corrected chi connectivity index (χ3v) is 16.0. The maximum absolute atomic E-state index is 15.6. The summed E-state index contributed by atoms with van der Waals surface area (Å²) < 4.78 is 2.10. The number of benzene rings is 2. The molecular weight excluding hydrogens is 971 g/mol. The fourth-order valence-electron chi connectivity index (χ4n) is 11.4. The van der Waals surface area contributed by atoms with Gasteiger partial charge in [0.2, 0.25) is 41.4 Å². The summed E-state index contributed by atoms with van der Waals surface area (Å²) in [7, 11) is 3.08. The third-order valence-electron chi connectivity index (χ3n) is 16.0. The number of pyridine rings is 1. The quantitative estimate of drug-likeness (QED) is 0.108. The Kier molecular flexibility index (Phi) is 19.2. The van der Waals surface area contributed by atoms with Crippen molar-refractivity contribution < 1.29 is 33.6 Å². The lowest BCUT2D eigenvalue weighted by molar-refractivity contribution is -0.150. The van der Waals surface area contributed by atoms with Gasteiger partial charge in [-0.1, -0.05) is 114 Å². The summed E-state index contributed by atoms with van der Waals surface area (Å²) in [5.41, 5.74) is 1.88. The Labute approximate surface area is 455 Å². The minimum Gasteiger partial charge on any atom is -0.343 e. The Bertz CT molecular complexity index is 2830. The molecule has 0 radical (unpaired) electrons. The number of aromatic nitrogens is 2. The number of likely N-dealkylation sites (N-methyl/N-ethyl adjacent to an activating group) is 2. The van der Waals surface area contributed by atoms with Crippen LogP contribution < -0.4 is 21.3 Å². The second kappa shape index (κ2) is 25.5. The molecule has 7 rings (SSSR count). The molecule has 1 saturated carbocycles. The Balaban J connectivity index is 1.36. The van der Waals surface area contributed by atoms with Crippen molar-refractivity contribution in [3.8, 4) is 0 Å². The number of hydrogen-bond acceptors (Lipinski definition) is 8. The molecule has 7 atom stereocenters. The van der Waals surface area contributed by atoms with E-state index in [9.17, 15) is 9.59 Å². The molecule has 0 unspecified atom stereocenters. The van der Waals surface area contributed by atoms with Gasteiger partial charge in [-0.2, -0.15) is 0 Å². The van der Waals surface area contributed by atoms with E-state index in [0.717, 1.165) is 64.9 Å². The van der Waals surface area contributed by atoms with Crippen molar-refractivity contribution in [3.05, 3.63) is 103 Å². The number of para-hydroxylation sites is 1. The van der Waals surface area contributed by atoms with Gasteiger partial charge >= 0.3 is 0 Å². The molecule has 3 aliphatic rings. The van der Waals surface area contributed by atoms with Crippen molar-refractivity contribution in [1.29, 1.82) is 0 Å². The summed E-state index contributed by atoms with van der Waals surface area (Å²) in [5, 5.41) is 14.8. The second-order valence-electron chi connectivity index (χ2n) is 23.3. The number of nitrogens with zero attached hydrogens (tertiary/aromatic N) is 5. The lowest BCUT2D eigenvalue weighted by Gasteiger charge is -2.39. The minimum atomic E-state index is -1.23. The molecule has 4 aromatic rings. The van der Waals surface area contributed by atoms with E-state index in [-0.39, 0.29) is 56.4 Å². The zero-order chi connectivity index (χ0) is 55.7. The average Bonchev–Trinajstić information content (AvgIpc) is 3.84. The lowest BCUT2D eigenvalue weighted by Crippen LogP contribution is -2.61. The van der Waals surface area contributed by atoms with E-state index in [0.29, 0.717) is 12.8 Å². The highest BCUT2D eigenvalue weighted by atomic mass is 16.2. The van der Waals surface area contributed by atoms with Crippen LogP contribution in [0.5, 0.6) is 0 Å². The van der Waals surface area contributed by atoms with Crippen LogP contribution in [0.15, 0.2) is 91.9 Å². The molecule has 77 heavy (non-hydrogen) atoms. The van der Waals surface area contributed by atoms with Crippen LogP contribution in [-0.4, -0.2) is 129 Å². The maximum Gasteiger partial charge on any atom is 0.246 e. The van der Waals surface area contributed by atoms with E-state index in [1.807, 2.05) is 114 Å². The van der Waals surface area contributed by atoms with Gasteiger partial charge in [0, 0.05) is 68.4 Å². The molecule has 16 nitrogen and oxygen atoms in total. The Hall–Kier alpha value is -6.84. The first-order valence-corrected chi connectivity index (χ1v) is 27.9. The lowest BCUT2D eigenvalue weighted by atomic mass is 9.84. The van der Waals surface area contributed by atoms with Gasteiger partial charge in [0.1, 0.15) is 42.3 Å². The molecule has 2 bridgehead atoms. The van der Waals surface area contributed by atoms with Gasteiger partial charge in [-0.15, -0.1) is 6.58 Å². The number of carbonyl (C=O) groups is 7.